The van der Waals surface area contributed by atoms with E-state index in [9.17, 15) is 23.6 Å². The van der Waals surface area contributed by atoms with Crippen LogP contribution in [-0.2, 0) is 23.8 Å². The van der Waals surface area contributed by atoms with Crippen molar-refractivity contribution in [1.29, 1.82) is 0 Å². The first-order chi connectivity index (χ1) is 15.2. The minimum absolute atomic E-state index is 0.147. The SMILES string of the molecule is CC(=O)OC[C@H]1O[C@@H](N(C(=O)c2ccccc2)c2nc(=O)[nH]cc2F)[C@H](OC(C)=O)[C@H]1Br. The van der Waals surface area contributed by atoms with Crippen LogP contribution < -0.4 is 10.6 Å². The molecule has 170 valence electrons. The summed E-state index contributed by atoms with van der Waals surface area (Å²) in [4.78, 5) is 54.0. The van der Waals surface area contributed by atoms with Gasteiger partial charge in [0.05, 0.1) is 4.83 Å². The number of benzene rings is 1. The van der Waals surface area contributed by atoms with Crippen LogP contribution in [0.4, 0.5) is 10.2 Å². The van der Waals surface area contributed by atoms with Gasteiger partial charge in [-0.3, -0.25) is 19.3 Å². The highest BCUT2D eigenvalue weighted by Gasteiger charge is 2.51. The van der Waals surface area contributed by atoms with Gasteiger partial charge in [-0.15, -0.1) is 0 Å². The van der Waals surface area contributed by atoms with Gasteiger partial charge in [0.25, 0.3) is 5.91 Å². The first kappa shape index (κ1) is 23.5. The van der Waals surface area contributed by atoms with E-state index in [0.29, 0.717) is 0 Å². The van der Waals surface area contributed by atoms with E-state index in [1.807, 2.05) is 0 Å². The van der Waals surface area contributed by atoms with Gasteiger partial charge in [0.2, 0.25) is 0 Å². The Balaban J connectivity index is 2.09. The van der Waals surface area contributed by atoms with Crippen LogP contribution in [0.5, 0.6) is 0 Å². The number of aromatic amines is 1. The fourth-order valence-corrected chi connectivity index (χ4v) is 3.79. The van der Waals surface area contributed by atoms with Crippen molar-refractivity contribution in [3.63, 3.8) is 0 Å². The zero-order chi connectivity index (χ0) is 23.4. The maximum atomic E-state index is 14.7. The standard InChI is InChI=1S/C20H19BrFN3O7/c1-10(26)30-9-14-15(21)16(31-11(2)27)19(32-14)25(17-13(22)8-23-20(29)24-17)18(28)12-6-4-3-5-7-12/h3-8,14-16,19H,9H2,1-2H3,(H,23,24,29)/t14-,15+,16-,19-/m1/s1. The number of rotatable bonds is 6. The molecule has 0 unspecified atom stereocenters. The second-order valence-corrected chi connectivity index (χ2v) is 7.86. The Morgan fingerprint density at radius 3 is 2.53 bits per heavy atom. The fraction of sp³-hybridized carbons (Fsp3) is 0.350. The van der Waals surface area contributed by atoms with Crippen molar-refractivity contribution in [3.8, 4) is 0 Å². The Labute approximate surface area is 189 Å². The largest absolute Gasteiger partial charge is 0.463 e. The van der Waals surface area contributed by atoms with Crippen molar-refractivity contribution in [2.45, 2.75) is 37.1 Å². The molecule has 4 atom stereocenters. The summed E-state index contributed by atoms with van der Waals surface area (Å²) in [5.41, 5.74) is -0.755. The Morgan fingerprint density at radius 2 is 1.91 bits per heavy atom. The first-order valence-electron chi connectivity index (χ1n) is 9.43. The molecular weight excluding hydrogens is 493 g/mol. The van der Waals surface area contributed by atoms with Crippen LogP contribution in [0.15, 0.2) is 41.3 Å². The summed E-state index contributed by atoms with van der Waals surface area (Å²) in [6, 6.07) is 7.85. The predicted octanol–water partition coefficient (Wildman–Crippen LogP) is 1.54. The number of nitrogens with one attached hydrogen (secondary N) is 1. The Bertz CT molecular complexity index is 1060. The molecule has 10 nitrogen and oxygen atoms in total. The zero-order valence-electron chi connectivity index (χ0n) is 17.0. The number of amides is 1. The topological polar surface area (TPSA) is 128 Å². The molecule has 1 amide bonds. The van der Waals surface area contributed by atoms with E-state index in [0.717, 1.165) is 18.0 Å². The first-order valence-corrected chi connectivity index (χ1v) is 10.3. The van der Waals surface area contributed by atoms with E-state index in [4.69, 9.17) is 14.2 Å². The molecule has 1 aromatic carbocycles. The molecule has 0 bridgehead atoms. The highest BCUT2D eigenvalue weighted by molar-refractivity contribution is 9.09. The van der Waals surface area contributed by atoms with Gasteiger partial charge in [-0.25, -0.2) is 9.18 Å². The number of halogens is 2. The number of alkyl halides is 1. The summed E-state index contributed by atoms with van der Waals surface area (Å²) in [7, 11) is 0. The molecule has 2 aromatic rings. The van der Waals surface area contributed by atoms with Crippen molar-refractivity contribution < 1.29 is 33.0 Å². The maximum Gasteiger partial charge on any atom is 0.347 e. The van der Waals surface area contributed by atoms with Crippen LogP contribution in [0.1, 0.15) is 24.2 Å². The molecule has 0 spiro atoms. The molecular formula is C20H19BrFN3O7. The summed E-state index contributed by atoms with van der Waals surface area (Å²) >= 11 is 3.36. The fourth-order valence-electron chi connectivity index (χ4n) is 3.15. The summed E-state index contributed by atoms with van der Waals surface area (Å²) < 4.78 is 30.9. The number of nitrogens with zero attached hydrogens (tertiary/aromatic N) is 2. The van der Waals surface area contributed by atoms with Gasteiger partial charge in [-0.1, -0.05) is 34.1 Å². The van der Waals surface area contributed by atoms with Gasteiger partial charge in [-0.2, -0.15) is 4.98 Å². The monoisotopic (exact) mass is 511 g/mol. The van der Waals surface area contributed by atoms with Gasteiger partial charge in [-0.05, 0) is 12.1 Å². The lowest BCUT2D eigenvalue weighted by Crippen LogP contribution is -2.49. The molecule has 1 aromatic heterocycles. The van der Waals surface area contributed by atoms with Crippen LogP contribution in [0.25, 0.3) is 0 Å². The molecule has 3 rings (SSSR count). The molecule has 32 heavy (non-hydrogen) atoms. The smallest absolute Gasteiger partial charge is 0.347 e. The van der Waals surface area contributed by atoms with E-state index >= 15 is 0 Å². The molecule has 1 N–H and O–H groups in total. The van der Waals surface area contributed by atoms with Crippen molar-refractivity contribution in [1.82, 2.24) is 9.97 Å². The van der Waals surface area contributed by atoms with Crippen molar-refractivity contribution >= 4 is 39.6 Å². The Hall–Kier alpha value is -3.12. The molecule has 0 saturated carbocycles. The lowest BCUT2D eigenvalue weighted by molar-refractivity contribution is -0.148. The molecule has 1 aliphatic rings. The predicted molar refractivity (Wildman–Crippen MR) is 112 cm³/mol. The minimum Gasteiger partial charge on any atom is -0.463 e. The Kier molecular flexibility index (Phi) is 7.36. The van der Waals surface area contributed by atoms with E-state index in [-0.39, 0.29) is 12.2 Å². The number of ether oxygens (including phenoxy) is 3. The average Bonchev–Trinajstić information content (AvgIpc) is 3.04. The number of aromatic nitrogens is 2. The number of H-pyrrole nitrogens is 1. The van der Waals surface area contributed by atoms with Crippen LogP contribution in [-0.4, -0.2) is 57.7 Å². The van der Waals surface area contributed by atoms with Crippen LogP contribution in [0.2, 0.25) is 0 Å². The van der Waals surface area contributed by atoms with Crippen molar-refractivity contribution in [3.05, 3.63) is 58.4 Å². The lowest BCUT2D eigenvalue weighted by Gasteiger charge is -2.31. The third-order valence-electron chi connectivity index (χ3n) is 4.48. The zero-order valence-corrected chi connectivity index (χ0v) is 18.6. The number of anilines is 1. The molecule has 1 aliphatic heterocycles. The van der Waals surface area contributed by atoms with Gasteiger partial charge in [0.1, 0.15) is 12.7 Å². The van der Waals surface area contributed by atoms with Crippen molar-refractivity contribution in [2.24, 2.45) is 0 Å². The molecule has 12 heteroatoms. The van der Waals surface area contributed by atoms with E-state index in [2.05, 4.69) is 25.9 Å². The van der Waals surface area contributed by atoms with Gasteiger partial charge >= 0.3 is 17.6 Å². The number of carbonyl (C=O) groups excluding carboxylic acids is 3. The molecule has 2 heterocycles. The maximum absolute atomic E-state index is 14.7. The van der Waals surface area contributed by atoms with Crippen LogP contribution in [0, 0.1) is 5.82 Å². The highest BCUT2D eigenvalue weighted by Crippen LogP contribution is 2.35. The number of carbonyl (C=O) groups is 3. The summed E-state index contributed by atoms with van der Waals surface area (Å²) in [6.45, 7) is 2.14. The minimum atomic E-state index is -1.39. The van der Waals surface area contributed by atoms with Crippen LogP contribution >= 0.6 is 15.9 Å². The third kappa shape index (κ3) is 5.19. The van der Waals surface area contributed by atoms with Gasteiger partial charge in [0.15, 0.2) is 24.0 Å². The van der Waals surface area contributed by atoms with Gasteiger partial charge < -0.3 is 19.2 Å². The third-order valence-corrected chi connectivity index (χ3v) is 5.59. The summed E-state index contributed by atoms with van der Waals surface area (Å²) in [5.74, 6) is -3.63. The molecule has 1 fully saturated rings. The lowest BCUT2D eigenvalue weighted by atomic mass is 10.1. The molecule has 1 saturated heterocycles. The highest BCUT2D eigenvalue weighted by atomic mass is 79.9. The van der Waals surface area contributed by atoms with E-state index in [1.54, 1.807) is 18.2 Å². The summed E-state index contributed by atoms with van der Waals surface area (Å²) in [6.07, 6.45) is -2.63. The number of hydrogen-bond donors (Lipinski definition) is 1. The number of hydrogen-bond acceptors (Lipinski definition) is 8. The van der Waals surface area contributed by atoms with Gasteiger partial charge in [0, 0.05) is 25.6 Å². The number of esters is 2. The second kappa shape index (κ2) is 10.0. The van der Waals surface area contributed by atoms with E-state index < -0.39 is 58.4 Å². The summed E-state index contributed by atoms with van der Waals surface area (Å²) in [5, 5.41) is 0. The van der Waals surface area contributed by atoms with Crippen molar-refractivity contribution in [2.75, 3.05) is 11.5 Å². The normalized spacial score (nSPS) is 22.2. The quantitative estimate of drug-likeness (QED) is 0.456. The molecule has 0 aliphatic carbocycles. The average molecular weight is 512 g/mol. The second-order valence-electron chi connectivity index (χ2n) is 6.80. The van der Waals surface area contributed by atoms with E-state index in [1.165, 1.54) is 19.1 Å². The Morgan fingerprint density at radius 1 is 1.22 bits per heavy atom. The van der Waals surface area contributed by atoms with Crippen LogP contribution in [0.3, 0.4) is 0 Å². The molecule has 0 radical (unpaired) electrons.